The molecule has 4 N–H and O–H groups in total. The molecule has 0 bridgehead atoms. The van der Waals surface area contributed by atoms with Crippen LogP contribution in [0.1, 0.15) is 63.6 Å². The third kappa shape index (κ3) is 4.98. The second-order valence-electron chi connectivity index (χ2n) is 8.21. The number of hydrogen-bond donors (Lipinski definition) is 4. The number of unbranched alkanes of at least 4 members (excludes halogenated alkanes) is 1. The number of carbonyl (C=O) groups is 2. The first-order chi connectivity index (χ1) is 13.7. The van der Waals surface area contributed by atoms with Crippen LogP contribution in [-0.2, 0) is 11.2 Å². The van der Waals surface area contributed by atoms with E-state index in [9.17, 15) is 9.59 Å². The molecule has 9 heteroatoms. The summed E-state index contributed by atoms with van der Waals surface area (Å²) in [5.74, 6) is 3.02. The molecule has 0 spiro atoms. The Hall–Kier alpha value is -1.77. The van der Waals surface area contributed by atoms with Gasteiger partial charge in [0.05, 0.1) is 12.1 Å². The minimum atomic E-state index is -0.0474. The fourth-order valence-corrected chi connectivity index (χ4v) is 6.11. The topological polar surface area (TPSA) is 112 Å². The number of nitrogens with zero attached hydrogens (tertiary/aromatic N) is 2. The predicted molar refractivity (Wildman–Crippen MR) is 109 cm³/mol. The molecule has 28 heavy (non-hydrogen) atoms. The molecule has 3 unspecified atom stereocenters. The second kappa shape index (κ2) is 9.15. The quantitative estimate of drug-likeness (QED) is 0.372. The molecule has 2 aliphatic heterocycles. The van der Waals surface area contributed by atoms with E-state index >= 15 is 0 Å². The van der Waals surface area contributed by atoms with Crippen molar-refractivity contribution in [1.82, 2.24) is 25.8 Å². The summed E-state index contributed by atoms with van der Waals surface area (Å²) in [7, 11) is 0. The van der Waals surface area contributed by atoms with Gasteiger partial charge >= 0.3 is 6.03 Å². The van der Waals surface area contributed by atoms with E-state index in [1.807, 2.05) is 11.8 Å². The Morgan fingerprint density at radius 1 is 1.18 bits per heavy atom. The average molecular weight is 407 g/mol. The van der Waals surface area contributed by atoms with Crippen molar-refractivity contribution in [3.63, 3.8) is 0 Å². The van der Waals surface area contributed by atoms with Crippen molar-refractivity contribution in [3.8, 4) is 0 Å². The van der Waals surface area contributed by atoms with Crippen LogP contribution < -0.4 is 16.0 Å². The van der Waals surface area contributed by atoms with Gasteiger partial charge in [-0.05, 0) is 25.2 Å². The number of aromatic nitrogens is 3. The number of urea groups is 1. The number of thioether (sulfide) groups is 1. The summed E-state index contributed by atoms with van der Waals surface area (Å²) in [6, 6.07) is 0.454. The summed E-state index contributed by atoms with van der Waals surface area (Å²) in [6.45, 7) is 0. The number of H-pyrrole nitrogens is 1. The van der Waals surface area contributed by atoms with Crippen LogP contribution in [0.15, 0.2) is 0 Å². The maximum absolute atomic E-state index is 12.1. The van der Waals surface area contributed by atoms with E-state index < -0.39 is 0 Å². The molecule has 4 rings (SSSR count). The molecular weight excluding hydrogens is 376 g/mol. The first kappa shape index (κ1) is 19.5. The molecule has 8 nitrogen and oxygen atoms in total. The third-order valence-corrected chi connectivity index (χ3v) is 7.64. The van der Waals surface area contributed by atoms with Gasteiger partial charge in [-0.1, -0.05) is 32.1 Å². The van der Waals surface area contributed by atoms with E-state index in [1.54, 1.807) is 0 Å². The number of hydrogen-bond acceptors (Lipinski definition) is 5. The van der Waals surface area contributed by atoms with Crippen molar-refractivity contribution in [2.24, 2.45) is 5.92 Å². The number of nitrogens with one attached hydrogen (secondary N) is 4. The van der Waals surface area contributed by atoms with Gasteiger partial charge in [0.25, 0.3) is 0 Å². The molecule has 1 aromatic rings. The van der Waals surface area contributed by atoms with E-state index in [-0.39, 0.29) is 24.0 Å². The van der Waals surface area contributed by atoms with Crippen LogP contribution in [0.3, 0.4) is 0 Å². The van der Waals surface area contributed by atoms with Gasteiger partial charge in [0.1, 0.15) is 5.82 Å². The fraction of sp³-hybridized carbons (Fsp3) is 0.789. The molecule has 2 saturated heterocycles. The molecule has 1 aromatic heterocycles. The molecule has 154 valence electrons. The van der Waals surface area contributed by atoms with Gasteiger partial charge in [-0.15, -0.1) is 5.10 Å². The lowest BCUT2D eigenvalue weighted by atomic mass is 10.0. The highest BCUT2D eigenvalue weighted by molar-refractivity contribution is 8.00. The van der Waals surface area contributed by atoms with Crippen molar-refractivity contribution in [3.05, 3.63) is 5.82 Å². The van der Waals surface area contributed by atoms with Crippen LogP contribution in [0.25, 0.3) is 0 Å². The van der Waals surface area contributed by atoms with Gasteiger partial charge in [-0.25, -0.2) is 4.79 Å². The molecule has 0 radical (unpaired) electrons. The van der Waals surface area contributed by atoms with Crippen LogP contribution in [-0.4, -0.2) is 50.2 Å². The summed E-state index contributed by atoms with van der Waals surface area (Å²) in [5.41, 5.74) is 0. The van der Waals surface area contributed by atoms with E-state index in [1.165, 1.54) is 25.7 Å². The lowest BCUT2D eigenvalue weighted by molar-refractivity contribution is -0.116. The van der Waals surface area contributed by atoms with Gasteiger partial charge < -0.3 is 10.6 Å². The highest BCUT2D eigenvalue weighted by Gasteiger charge is 2.42. The van der Waals surface area contributed by atoms with Crippen molar-refractivity contribution in [2.45, 2.75) is 81.5 Å². The molecule has 3 amide bonds. The number of aryl methyl sites for hydroxylation is 1. The maximum Gasteiger partial charge on any atom is 0.315 e. The molecule has 0 aromatic carbocycles. The summed E-state index contributed by atoms with van der Waals surface area (Å²) < 4.78 is 0. The first-order valence-corrected chi connectivity index (χ1v) is 11.6. The third-order valence-electron chi connectivity index (χ3n) is 6.13. The summed E-state index contributed by atoms with van der Waals surface area (Å²) >= 11 is 1.91. The zero-order valence-electron chi connectivity index (χ0n) is 16.2. The van der Waals surface area contributed by atoms with Gasteiger partial charge in [-0.2, -0.15) is 16.7 Å². The highest BCUT2D eigenvalue weighted by atomic mass is 32.2. The second-order valence-corrected chi connectivity index (χ2v) is 9.48. The zero-order chi connectivity index (χ0) is 19.3. The van der Waals surface area contributed by atoms with Gasteiger partial charge in [0.15, 0.2) is 0 Å². The Labute approximate surface area is 169 Å². The Balaban J connectivity index is 1.11. The van der Waals surface area contributed by atoms with Gasteiger partial charge in [0, 0.05) is 23.8 Å². The monoisotopic (exact) mass is 406 g/mol. The van der Waals surface area contributed by atoms with Crippen LogP contribution in [0, 0.1) is 5.92 Å². The van der Waals surface area contributed by atoms with E-state index in [2.05, 4.69) is 31.1 Å². The molecule has 1 saturated carbocycles. The number of aromatic amines is 1. The fourth-order valence-electron chi connectivity index (χ4n) is 4.56. The lowest BCUT2D eigenvalue weighted by Crippen LogP contribution is -2.36. The van der Waals surface area contributed by atoms with Gasteiger partial charge in [-0.3, -0.25) is 15.2 Å². The standard InChI is InChI=1S/C19H30N6O2S/c26-16(8-4-3-7-14-17-13(11-28-14)20-19(27)23-17)22-18-21-15(24-25-18)10-9-12-5-1-2-6-12/h12-14,17H,1-11H2,(H2,20,23,27)(H2,21,22,24,25,26). The molecule has 3 fully saturated rings. The Kier molecular flexibility index (Phi) is 6.39. The number of fused-ring (bicyclic) bond motifs is 1. The minimum absolute atomic E-state index is 0.0332. The van der Waals surface area contributed by atoms with Crippen LogP contribution in [0.4, 0.5) is 10.7 Å². The van der Waals surface area contributed by atoms with Gasteiger partial charge in [0.2, 0.25) is 11.9 Å². The van der Waals surface area contributed by atoms with Crippen molar-refractivity contribution < 1.29 is 9.59 Å². The smallest absolute Gasteiger partial charge is 0.315 e. The van der Waals surface area contributed by atoms with E-state index in [0.29, 0.717) is 17.6 Å². The van der Waals surface area contributed by atoms with Crippen LogP contribution >= 0.6 is 11.8 Å². The van der Waals surface area contributed by atoms with Crippen molar-refractivity contribution in [1.29, 1.82) is 0 Å². The zero-order valence-corrected chi connectivity index (χ0v) is 17.0. The number of amides is 3. The Morgan fingerprint density at radius 3 is 2.89 bits per heavy atom. The number of carbonyl (C=O) groups excluding carboxylic acids is 2. The Bertz CT molecular complexity index is 690. The molecular formula is C19H30N6O2S. The average Bonchev–Trinajstić information content (AvgIpc) is 3.43. The Morgan fingerprint density at radius 2 is 2.04 bits per heavy atom. The largest absolute Gasteiger partial charge is 0.332 e. The summed E-state index contributed by atoms with van der Waals surface area (Å²) in [5, 5.41) is 16.3. The van der Waals surface area contributed by atoms with E-state index in [0.717, 1.165) is 49.6 Å². The van der Waals surface area contributed by atoms with Crippen LogP contribution in [0.2, 0.25) is 0 Å². The normalized spacial score (nSPS) is 26.9. The maximum atomic E-state index is 12.1. The molecule has 3 atom stereocenters. The summed E-state index contributed by atoms with van der Waals surface area (Å²) in [6.07, 6.45) is 10.7. The van der Waals surface area contributed by atoms with Crippen molar-refractivity contribution >= 4 is 29.6 Å². The SMILES string of the molecule is O=C(CCCCC1SCC2NC(=O)NC21)Nc1n[nH]c(CCC2CCCC2)n1. The first-order valence-electron chi connectivity index (χ1n) is 10.6. The highest BCUT2D eigenvalue weighted by Crippen LogP contribution is 2.33. The lowest BCUT2D eigenvalue weighted by Gasteiger charge is -2.16. The number of anilines is 1. The number of rotatable bonds is 9. The molecule has 3 heterocycles. The molecule has 3 aliphatic rings. The van der Waals surface area contributed by atoms with Crippen LogP contribution in [0.5, 0.6) is 0 Å². The minimum Gasteiger partial charge on any atom is -0.332 e. The molecule has 1 aliphatic carbocycles. The van der Waals surface area contributed by atoms with Crippen molar-refractivity contribution in [2.75, 3.05) is 11.1 Å². The predicted octanol–water partition coefficient (Wildman–Crippen LogP) is 2.59. The van der Waals surface area contributed by atoms with E-state index in [4.69, 9.17) is 0 Å². The summed E-state index contributed by atoms with van der Waals surface area (Å²) in [4.78, 5) is 27.9.